The molecule has 1 saturated heterocycles. The predicted octanol–water partition coefficient (Wildman–Crippen LogP) is -0.359. The van der Waals surface area contributed by atoms with Gasteiger partial charge in [-0.25, -0.2) is 4.79 Å². The van der Waals surface area contributed by atoms with Gasteiger partial charge in [-0.05, 0) is 24.3 Å². The van der Waals surface area contributed by atoms with Crippen molar-refractivity contribution >= 4 is 28.7 Å². The number of rotatable bonds is 8. The minimum atomic E-state index is -0.940. The summed E-state index contributed by atoms with van der Waals surface area (Å²) in [6.45, 7) is 3.47. The number of hydrogen-bond acceptors (Lipinski definition) is 8. The minimum Gasteiger partial charge on any atom is -0.491 e. The van der Waals surface area contributed by atoms with E-state index in [0.717, 1.165) is 17.7 Å². The summed E-state index contributed by atoms with van der Waals surface area (Å²) in [4.78, 5) is 34.4. The third kappa shape index (κ3) is 4.83. The van der Waals surface area contributed by atoms with E-state index in [1.54, 1.807) is 35.9 Å². The number of fused-ring (bicyclic) bond motifs is 1. The van der Waals surface area contributed by atoms with Crippen molar-refractivity contribution < 1.29 is 14.9 Å². The Bertz CT molecular complexity index is 1260. The van der Waals surface area contributed by atoms with Gasteiger partial charge in [-0.3, -0.25) is 18.8 Å². The lowest BCUT2D eigenvalue weighted by molar-refractivity contribution is 0.0934. The van der Waals surface area contributed by atoms with Crippen LogP contribution in [0.5, 0.6) is 5.75 Å². The molecular weight excluding hydrogens is 464 g/mol. The Morgan fingerprint density at radius 3 is 2.41 bits per heavy atom. The molecule has 34 heavy (non-hydrogen) atoms. The molecule has 3 aromatic rings. The minimum absolute atomic E-state index is 0.00287. The first kappa shape index (κ1) is 24.3. The zero-order valence-corrected chi connectivity index (χ0v) is 20.0. The summed E-state index contributed by atoms with van der Waals surface area (Å²) in [6.07, 6.45) is -0.940. The van der Waals surface area contributed by atoms with Crippen LogP contribution in [0.2, 0.25) is 5.02 Å². The molecule has 1 atom stereocenters. The topological polar surface area (TPSA) is 118 Å². The van der Waals surface area contributed by atoms with Gasteiger partial charge in [-0.15, -0.1) is 0 Å². The Hall–Kier alpha value is -2.86. The van der Waals surface area contributed by atoms with Crippen LogP contribution in [-0.2, 0) is 20.6 Å². The fourth-order valence-electron chi connectivity index (χ4n) is 4.15. The maximum atomic E-state index is 13.1. The SMILES string of the molecule is Cn1c(=O)c2c(nc(N3CCN(CCO)CC3)n2CC(O)COc2ccc(Cl)cc2)n(C)c1=O. The van der Waals surface area contributed by atoms with E-state index in [9.17, 15) is 19.8 Å². The van der Waals surface area contributed by atoms with E-state index in [0.29, 0.717) is 36.4 Å². The number of aromatic nitrogens is 4. The lowest BCUT2D eigenvalue weighted by atomic mass is 10.3. The van der Waals surface area contributed by atoms with Crippen molar-refractivity contribution in [3.63, 3.8) is 0 Å². The van der Waals surface area contributed by atoms with E-state index >= 15 is 0 Å². The molecule has 2 aromatic heterocycles. The van der Waals surface area contributed by atoms with Crippen molar-refractivity contribution in [2.75, 3.05) is 50.8 Å². The maximum Gasteiger partial charge on any atom is 0.332 e. The summed E-state index contributed by atoms with van der Waals surface area (Å²) in [5, 5.41) is 20.6. The highest BCUT2D eigenvalue weighted by atomic mass is 35.5. The normalized spacial score (nSPS) is 15.7. The van der Waals surface area contributed by atoms with Crippen molar-refractivity contribution in [2.24, 2.45) is 14.1 Å². The van der Waals surface area contributed by atoms with Crippen molar-refractivity contribution in [1.82, 2.24) is 23.6 Å². The fraction of sp³-hybridized carbons (Fsp3) is 0.500. The van der Waals surface area contributed by atoms with Gasteiger partial charge in [0.25, 0.3) is 5.56 Å². The van der Waals surface area contributed by atoms with Gasteiger partial charge < -0.3 is 24.4 Å². The molecule has 1 unspecified atom stereocenters. The number of benzene rings is 1. The van der Waals surface area contributed by atoms with Crippen LogP contribution in [0.15, 0.2) is 33.9 Å². The lowest BCUT2D eigenvalue weighted by Gasteiger charge is -2.35. The molecule has 3 heterocycles. The molecule has 0 saturated carbocycles. The molecule has 1 aliphatic rings. The highest BCUT2D eigenvalue weighted by molar-refractivity contribution is 6.30. The zero-order valence-electron chi connectivity index (χ0n) is 19.2. The lowest BCUT2D eigenvalue weighted by Crippen LogP contribution is -2.48. The molecule has 1 fully saturated rings. The van der Waals surface area contributed by atoms with Crippen molar-refractivity contribution in [3.8, 4) is 5.75 Å². The molecule has 0 amide bonds. The number of ether oxygens (including phenoxy) is 1. The van der Waals surface area contributed by atoms with Crippen LogP contribution in [0.25, 0.3) is 11.2 Å². The molecule has 12 heteroatoms. The Balaban J connectivity index is 1.65. The van der Waals surface area contributed by atoms with Gasteiger partial charge in [0.05, 0.1) is 13.2 Å². The van der Waals surface area contributed by atoms with Gasteiger partial charge in [0.15, 0.2) is 11.2 Å². The van der Waals surface area contributed by atoms with Crippen LogP contribution < -0.4 is 20.9 Å². The molecule has 1 aromatic carbocycles. The first-order valence-corrected chi connectivity index (χ1v) is 11.5. The van der Waals surface area contributed by atoms with Crippen LogP contribution in [-0.4, -0.2) is 85.8 Å². The maximum absolute atomic E-state index is 13.1. The second-order valence-electron chi connectivity index (χ2n) is 8.37. The van der Waals surface area contributed by atoms with Gasteiger partial charge in [-0.1, -0.05) is 11.6 Å². The highest BCUT2D eigenvalue weighted by Gasteiger charge is 2.26. The van der Waals surface area contributed by atoms with Gasteiger partial charge in [0.2, 0.25) is 5.95 Å². The summed E-state index contributed by atoms with van der Waals surface area (Å²) >= 11 is 5.90. The molecule has 0 spiro atoms. The van der Waals surface area contributed by atoms with Crippen LogP contribution in [0.1, 0.15) is 0 Å². The number of aliphatic hydroxyl groups excluding tert-OH is 2. The molecular formula is C22H29ClN6O5. The number of anilines is 1. The number of nitrogens with zero attached hydrogens (tertiary/aromatic N) is 6. The van der Waals surface area contributed by atoms with E-state index in [2.05, 4.69) is 9.88 Å². The monoisotopic (exact) mass is 492 g/mol. The van der Waals surface area contributed by atoms with Crippen LogP contribution in [0, 0.1) is 0 Å². The second kappa shape index (κ2) is 10.2. The quantitative estimate of drug-likeness (QED) is 0.438. The Labute approximate surface area is 201 Å². The number of piperazine rings is 1. The average Bonchev–Trinajstić information content (AvgIpc) is 3.21. The number of aliphatic hydroxyl groups is 2. The average molecular weight is 493 g/mol. The Kier molecular flexibility index (Phi) is 7.27. The molecule has 11 nitrogen and oxygen atoms in total. The molecule has 184 valence electrons. The van der Waals surface area contributed by atoms with Gasteiger partial charge >= 0.3 is 5.69 Å². The van der Waals surface area contributed by atoms with Crippen molar-refractivity contribution in [3.05, 3.63) is 50.1 Å². The van der Waals surface area contributed by atoms with E-state index in [1.165, 1.54) is 11.6 Å². The van der Waals surface area contributed by atoms with Crippen molar-refractivity contribution in [2.45, 2.75) is 12.6 Å². The fourth-order valence-corrected chi connectivity index (χ4v) is 4.27. The molecule has 1 aliphatic heterocycles. The van der Waals surface area contributed by atoms with Gasteiger partial charge in [-0.2, -0.15) is 4.98 Å². The van der Waals surface area contributed by atoms with Gasteiger partial charge in [0, 0.05) is 51.8 Å². The number of imidazole rings is 1. The summed E-state index contributed by atoms with van der Waals surface area (Å²) in [5.74, 6) is 1.08. The molecule has 0 bridgehead atoms. The Morgan fingerprint density at radius 2 is 1.76 bits per heavy atom. The zero-order chi connectivity index (χ0) is 24.4. The second-order valence-corrected chi connectivity index (χ2v) is 8.81. The smallest absolute Gasteiger partial charge is 0.332 e. The summed E-state index contributed by atoms with van der Waals surface area (Å²) < 4.78 is 9.74. The molecule has 0 radical (unpaired) electrons. The van der Waals surface area contributed by atoms with Crippen molar-refractivity contribution in [1.29, 1.82) is 0 Å². The highest BCUT2D eigenvalue weighted by Crippen LogP contribution is 2.22. The third-order valence-electron chi connectivity index (χ3n) is 6.05. The first-order chi connectivity index (χ1) is 16.3. The number of hydrogen-bond donors (Lipinski definition) is 2. The van der Waals surface area contributed by atoms with E-state index in [-0.39, 0.29) is 30.9 Å². The van der Waals surface area contributed by atoms with E-state index in [4.69, 9.17) is 16.3 Å². The van der Waals surface area contributed by atoms with E-state index < -0.39 is 17.4 Å². The van der Waals surface area contributed by atoms with Crippen LogP contribution >= 0.6 is 11.6 Å². The third-order valence-corrected chi connectivity index (χ3v) is 6.30. The van der Waals surface area contributed by atoms with Gasteiger partial charge in [0.1, 0.15) is 18.5 Å². The molecule has 4 rings (SSSR count). The summed E-state index contributed by atoms with van der Waals surface area (Å²) in [5.41, 5.74) is -0.413. The number of β-amino-alcohol motifs (C(OH)–C–C–N with tert-alkyl or cyclic N) is 1. The van der Waals surface area contributed by atoms with Crippen LogP contribution in [0.3, 0.4) is 0 Å². The summed E-state index contributed by atoms with van der Waals surface area (Å²) in [7, 11) is 3.00. The van der Waals surface area contributed by atoms with Crippen LogP contribution in [0.4, 0.5) is 5.95 Å². The first-order valence-electron chi connectivity index (χ1n) is 11.1. The number of aryl methyl sites for hydroxylation is 1. The molecule has 2 N–H and O–H groups in total. The summed E-state index contributed by atoms with van der Waals surface area (Å²) in [6, 6.07) is 6.83. The Morgan fingerprint density at radius 1 is 1.09 bits per heavy atom. The molecule has 0 aliphatic carbocycles. The van der Waals surface area contributed by atoms with E-state index in [1.807, 2.05) is 4.90 Å². The number of halogens is 1. The predicted molar refractivity (Wildman–Crippen MR) is 129 cm³/mol. The standard InChI is InChI=1S/C22H29ClN6O5/c1-25-19-18(20(32)26(2)22(25)33)29(13-16(31)14-34-17-5-3-15(23)4-6-17)21(24-19)28-9-7-27(8-10-28)11-12-30/h3-6,16,30-31H,7-14H2,1-2H3. The largest absolute Gasteiger partial charge is 0.491 e.